The fourth-order valence-corrected chi connectivity index (χ4v) is 3.81. The third-order valence-electron chi connectivity index (χ3n) is 4.57. The van der Waals surface area contributed by atoms with E-state index < -0.39 is 5.97 Å². The third-order valence-corrected chi connectivity index (χ3v) is 5.69. The maximum atomic E-state index is 12.7. The minimum Gasteiger partial charge on any atom is -0.496 e. The van der Waals surface area contributed by atoms with Crippen molar-refractivity contribution in [2.45, 2.75) is 40.2 Å². The van der Waals surface area contributed by atoms with Gasteiger partial charge in [0.15, 0.2) is 0 Å². The van der Waals surface area contributed by atoms with E-state index in [9.17, 15) is 9.59 Å². The number of amides is 1. The van der Waals surface area contributed by atoms with Crippen LogP contribution in [0.1, 0.15) is 44.8 Å². The van der Waals surface area contributed by atoms with Gasteiger partial charge in [0.25, 0.3) is 0 Å². The number of ether oxygens (including phenoxy) is 2. The molecule has 0 radical (unpaired) electrons. The number of nitrogens with one attached hydrogen (secondary N) is 1. The Kier molecular flexibility index (Phi) is 5.32. The summed E-state index contributed by atoms with van der Waals surface area (Å²) in [5.41, 5.74) is 3.18. The quantitative estimate of drug-likeness (QED) is 0.763. The molecule has 1 amide bonds. The van der Waals surface area contributed by atoms with Gasteiger partial charge in [0, 0.05) is 16.4 Å². The molecule has 1 aromatic heterocycles. The normalized spacial score (nSPS) is 13.4. The van der Waals surface area contributed by atoms with Crippen molar-refractivity contribution in [1.29, 1.82) is 0 Å². The van der Waals surface area contributed by atoms with E-state index in [0.29, 0.717) is 16.3 Å². The van der Waals surface area contributed by atoms with Gasteiger partial charge in [0.05, 0.1) is 12.7 Å². The Morgan fingerprint density at radius 1 is 1.23 bits per heavy atom. The summed E-state index contributed by atoms with van der Waals surface area (Å²) in [5.74, 6) is 0.323. The van der Waals surface area contributed by atoms with Crippen LogP contribution in [0, 0.1) is 26.7 Å². The molecular formula is C20H23NO4S. The Bertz CT molecular complexity index is 852. The van der Waals surface area contributed by atoms with Crippen molar-refractivity contribution in [1.82, 2.24) is 0 Å². The van der Waals surface area contributed by atoms with E-state index in [1.165, 1.54) is 11.3 Å². The predicted molar refractivity (Wildman–Crippen MR) is 102 cm³/mol. The zero-order valence-corrected chi connectivity index (χ0v) is 16.3. The number of hydrogen-bond acceptors (Lipinski definition) is 5. The highest BCUT2D eigenvalue weighted by Crippen LogP contribution is 2.36. The fourth-order valence-electron chi connectivity index (χ4n) is 2.76. The molecule has 0 spiro atoms. The van der Waals surface area contributed by atoms with Gasteiger partial charge in [-0.05, 0) is 51.3 Å². The number of carbonyl (C=O) groups excluding carboxylic acids is 2. The van der Waals surface area contributed by atoms with E-state index in [4.69, 9.17) is 9.47 Å². The lowest BCUT2D eigenvalue weighted by Gasteiger charge is -2.11. The molecule has 138 valence electrons. The van der Waals surface area contributed by atoms with E-state index in [1.54, 1.807) is 7.11 Å². The molecule has 0 unspecified atom stereocenters. The first-order valence-electron chi connectivity index (χ1n) is 8.62. The average molecular weight is 373 g/mol. The number of methoxy groups -OCH3 is 1. The van der Waals surface area contributed by atoms with Crippen molar-refractivity contribution >= 4 is 28.2 Å². The topological polar surface area (TPSA) is 64.6 Å². The Hall–Kier alpha value is -2.34. The number of rotatable bonds is 6. The molecule has 26 heavy (non-hydrogen) atoms. The van der Waals surface area contributed by atoms with Crippen LogP contribution < -0.4 is 10.1 Å². The van der Waals surface area contributed by atoms with Crippen LogP contribution in [0.5, 0.6) is 5.75 Å². The lowest BCUT2D eigenvalue weighted by Crippen LogP contribution is -2.16. The molecule has 5 nitrogen and oxygen atoms in total. The smallest absolute Gasteiger partial charge is 0.341 e. The zero-order valence-electron chi connectivity index (χ0n) is 15.5. The zero-order chi connectivity index (χ0) is 18.8. The summed E-state index contributed by atoms with van der Waals surface area (Å²) in [7, 11) is 1.59. The van der Waals surface area contributed by atoms with E-state index in [1.807, 2.05) is 39.0 Å². The molecule has 1 fully saturated rings. The molecule has 2 aromatic rings. The molecule has 1 aliphatic carbocycles. The minimum atomic E-state index is -0.429. The van der Waals surface area contributed by atoms with E-state index in [0.717, 1.165) is 34.4 Å². The molecule has 1 saturated carbocycles. The van der Waals surface area contributed by atoms with Crippen LogP contribution >= 0.6 is 11.3 Å². The average Bonchev–Trinajstić information content (AvgIpc) is 3.41. The van der Waals surface area contributed by atoms with E-state index in [-0.39, 0.29) is 18.4 Å². The van der Waals surface area contributed by atoms with Gasteiger partial charge in [-0.3, -0.25) is 4.79 Å². The highest BCUT2D eigenvalue weighted by molar-refractivity contribution is 7.16. The second kappa shape index (κ2) is 7.50. The standard InChI is InChI=1S/C20H23NO4S/c1-11-5-8-16(24-4)15(9-11)10-25-20(23)17-12(2)13(3)26-19(17)21-18(22)14-6-7-14/h5,8-9,14H,6-7,10H2,1-4H3,(H,21,22). The van der Waals surface area contributed by atoms with Crippen molar-refractivity contribution in [3.8, 4) is 5.75 Å². The van der Waals surface area contributed by atoms with Crippen molar-refractivity contribution in [2.24, 2.45) is 5.92 Å². The SMILES string of the molecule is COc1ccc(C)cc1COC(=O)c1c(NC(=O)C2CC2)sc(C)c1C. The molecule has 0 bridgehead atoms. The molecule has 6 heteroatoms. The lowest BCUT2D eigenvalue weighted by molar-refractivity contribution is -0.117. The maximum Gasteiger partial charge on any atom is 0.341 e. The molecule has 1 aromatic carbocycles. The van der Waals surface area contributed by atoms with Crippen LogP contribution in [0.4, 0.5) is 5.00 Å². The number of benzene rings is 1. The number of anilines is 1. The summed E-state index contributed by atoms with van der Waals surface area (Å²) < 4.78 is 10.9. The number of hydrogen-bond donors (Lipinski definition) is 1. The highest BCUT2D eigenvalue weighted by Gasteiger charge is 2.31. The molecule has 3 rings (SSSR count). The Morgan fingerprint density at radius 3 is 2.62 bits per heavy atom. The Morgan fingerprint density at radius 2 is 1.96 bits per heavy atom. The van der Waals surface area contributed by atoms with Crippen molar-refractivity contribution in [3.05, 3.63) is 45.3 Å². The predicted octanol–water partition coefficient (Wildman–Crippen LogP) is 4.39. The highest BCUT2D eigenvalue weighted by atomic mass is 32.1. The van der Waals surface area contributed by atoms with Gasteiger partial charge >= 0.3 is 5.97 Å². The number of carbonyl (C=O) groups is 2. The van der Waals surface area contributed by atoms with Crippen LogP contribution in [-0.2, 0) is 16.1 Å². The molecule has 1 heterocycles. The van der Waals surface area contributed by atoms with Gasteiger partial charge < -0.3 is 14.8 Å². The summed E-state index contributed by atoms with van der Waals surface area (Å²) in [6.07, 6.45) is 1.84. The summed E-state index contributed by atoms with van der Waals surface area (Å²) in [6.45, 7) is 5.91. The second-order valence-corrected chi connectivity index (χ2v) is 7.87. The van der Waals surface area contributed by atoms with Crippen LogP contribution in [0.3, 0.4) is 0 Å². The van der Waals surface area contributed by atoms with Gasteiger partial charge in [-0.15, -0.1) is 11.3 Å². The Labute approximate surface area is 157 Å². The summed E-state index contributed by atoms with van der Waals surface area (Å²) in [6, 6.07) is 5.75. The fraction of sp³-hybridized carbons (Fsp3) is 0.400. The molecule has 0 saturated heterocycles. The molecule has 1 N–H and O–H groups in total. The number of aryl methyl sites for hydroxylation is 2. The molecular weight excluding hydrogens is 350 g/mol. The van der Waals surface area contributed by atoms with Crippen molar-refractivity contribution in [3.63, 3.8) is 0 Å². The molecule has 1 aliphatic rings. The van der Waals surface area contributed by atoms with Crippen molar-refractivity contribution in [2.75, 3.05) is 12.4 Å². The van der Waals surface area contributed by atoms with Crippen LogP contribution in [0.15, 0.2) is 18.2 Å². The molecule has 0 atom stereocenters. The van der Waals surface area contributed by atoms with Gasteiger partial charge in [-0.25, -0.2) is 4.79 Å². The van der Waals surface area contributed by atoms with Crippen LogP contribution in [-0.4, -0.2) is 19.0 Å². The first kappa shape index (κ1) is 18.5. The lowest BCUT2D eigenvalue weighted by atomic mass is 10.1. The van der Waals surface area contributed by atoms with Gasteiger partial charge in [0.2, 0.25) is 5.91 Å². The van der Waals surface area contributed by atoms with Crippen LogP contribution in [0.2, 0.25) is 0 Å². The third kappa shape index (κ3) is 3.90. The van der Waals surface area contributed by atoms with E-state index in [2.05, 4.69) is 5.32 Å². The maximum absolute atomic E-state index is 12.7. The first-order valence-corrected chi connectivity index (χ1v) is 9.43. The van der Waals surface area contributed by atoms with Gasteiger partial charge in [-0.2, -0.15) is 0 Å². The molecule has 0 aliphatic heterocycles. The van der Waals surface area contributed by atoms with E-state index >= 15 is 0 Å². The largest absolute Gasteiger partial charge is 0.496 e. The summed E-state index contributed by atoms with van der Waals surface area (Å²) in [4.78, 5) is 25.8. The first-order chi connectivity index (χ1) is 12.4. The number of esters is 1. The Balaban J connectivity index is 1.77. The van der Waals surface area contributed by atoms with Gasteiger partial charge in [-0.1, -0.05) is 11.6 Å². The second-order valence-electron chi connectivity index (χ2n) is 6.64. The summed E-state index contributed by atoms with van der Waals surface area (Å²) in [5, 5.41) is 3.48. The monoisotopic (exact) mass is 373 g/mol. The number of thiophene rings is 1. The minimum absolute atomic E-state index is 0.0133. The summed E-state index contributed by atoms with van der Waals surface area (Å²) >= 11 is 1.42. The van der Waals surface area contributed by atoms with Gasteiger partial charge in [0.1, 0.15) is 17.4 Å². The van der Waals surface area contributed by atoms with Crippen molar-refractivity contribution < 1.29 is 19.1 Å². The van der Waals surface area contributed by atoms with Crippen LogP contribution in [0.25, 0.3) is 0 Å².